The molecule has 1 aromatic rings. The molecule has 0 aliphatic carbocycles. The molecule has 4 heteroatoms. The second-order valence-corrected chi connectivity index (χ2v) is 6.96. The Labute approximate surface area is 129 Å². The highest BCUT2D eigenvalue weighted by atomic mass is 127. The molecule has 1 rings (SSSR count). The summed E-state index contributed by atoms with van der Waals surface area (Å²) in [6.45, 7) is 10.3. The predicted octanol–water partition coefficient (Wildman–Crippen LogP) is 4.24. The van der Waals surface area contributed by atoms with Gasteiger partial charge in [-0.1, -0.05) is 19.9 Å². The number of nitrogens with one attached hydrogen (secondary N) is 1. The summed E-state index contributed by atoms with van der Waals surface area (Å²) >= 11 is 2.24. The van der Waals surface area contributed by atoms with Crippen molar-refractivity contribution in [2.24, 2.45) is 0 Å². The first-order valence-corrected chi connectivity index (χ1v) is 7.44. The van der Waals surface area contributed by atoms with Crippen LogP contribution < -0.4 is 5.32 Å². The first-order chi connectivity index (χ1) is 8.67. The molecular weight excluding hydrogens is 353 g/mol. The van der Waals surface area contributed by atoms with Crippen LogP contribution >= 0.6 is 22.6 Å². The van der Waals surface area contributed by atoms with E-state index in [4.69, 9.17) is 4.74 Å². The van der Waals surface area contributed by atoms with Gasteiger partial charge < -0.3 is 10.1 Å². The highest BCUT2D eigenvalue weighted by Gasteiger charge is 2.15. The van der Waals surface area contributed by atoms with Crippen molar-refractivity contribution in [2.75, 3.05) is 0 Å². The number of hydrogen-bond donors (Lipinski definition) is 1. The van der Waals surface area contributed by atoms with Gasteiger partial charge in [-0.15, -0.1) is 0 Å². The second-order valence-electron chi connectivity index (χ2n) is 5.80. The van der Waals surface area contributed by atoms with Crippen LogP contribution in [0.1, 0.15) is 51.7 Å². The van der Waals surface area contributed by atoms with Crippen molar-refractivity contribution < 1.29 is 9.53 Å². The van der Waals surface area contributed by atoms with Gasteiger partial charge in [-0.2, -0.15) is 0 Å². The number of benzene rings is 1. The van der Waals surface area contributed by atoms with E-state index >= 15 is 0 Å². The Balaban J connectivity index is 2.65. The molecule has 19 heavy (non-hydrogen) atoms. The highest BCUT2D eigenvalue weighted by Crippen LogP contribution is 2.19. The minimum Gasteiger partial charge on any atom is -0.444 e. The predicted molar refractivity (Wildman–Crippen MR) is 85.2 cm³/mol. The Kier molecular flexibility index (Phi) is 5.64. The monoisotopic (exact) mass is 374 g/mol. The summed E-state index contributed by atoms with van der Waals surface area (Å²) in [6, 6.07) is 7.42. The number of carbonyl (C=O) groups is 1. The molecule has 0 aliphatic rings. The van der Waals surface area contributed by atoms with E-state index in [-0.39, 0.29) is 0 Å². The fourth-order valence-corrected chi connectivity index (χ4v) is 2.23. The van der Waals surface area contributed by atoms with Gasteiger partial charge >= 0.3 is 6.09 Å². The number of halogens is 1. The van der Waals surface area contributed by atoms with Crippen molar-refractivity contribution in [1.29, 1.82) is 0 Å². The second kappa shape index (κ2) is 6.59. The standard InChI is InChI=1S/C15H21INO2/c1-10(2)12-6-11(7-13(16)8-12)9-17-14(18)19-15(3,4)5/h6,8,10H,9H2,1-5H3,(H,17,18). The minimum atomic E-state index is -0.470. The Hall–Kier alpha value is -0.780. The average Bonchev–Trinajstić information content (AvgIpc) is 2.23. The fraction of sp³-hybridized carbons (Fsp3) is 0.533. The van der Waals surface area contributed by atoms with E-state index in [9.17, 15) is 4.79 Å². The van der Waals surface area contributed by atoms with Crippen molar-refractivity contribution >= 4 is 28.7 Å². The summed E-state index contributed by atoms with van der Waals surface area (Å²) in [7, 11) is 0. The van der Waals surface area contributed by atoms with Crippen LogP contribution in [-0.4, -0.2) is 11.7 Å². The van der Waals surface area contributed by atoms with Gasteiger partial charge in [0, 0.05) is 16.2 Å². The molecule has 0 aliphatic heterocycles. The van der Waals surface area contributed by atoms with Crippen molar-refractivity contribution in [3.8, 4) is 0 Å². The summed E-state index contributed by atoms with van der Waals surface area (Å²) in [6.07, 6.45) is -0.397. The van der Waals surface area contributed by atoms with Gasteiger partial charge in [0.2, 0.25) is 0 Å². The van der Waals surface area contributed by atoms with E-state index in [1.807, 2.05) is 20.8 Å². The first-order valence-electron chi connectivity index (χ1n) is 6.36. The van der Waals surface area contributed by atoms with Crippen LogP contribution in [0.15, 0.2) is 12.1 Å². The summed E-state index contributed by atoms with van der Waals surface area (Å²) in [5, 5.41) is 2.75. The molecule has 1 aromatic carbocycles. The van der Waals surface area contributed by atoms with Gasteiger partial charge in [-0.25, -0.2) is 4.79 Å². The summed E-state index contributed by atoms with van der Waals surface area (Å²) in [5.41, 5.74) is 1.76. The van der Waals surface area contributed by atoms with E-state index < -0.39 is 11.7 Å². The van der Waals surface area contributed by atoms with Gasteiger partial charge in [-0.3, -0.25) is 0 Å². The highest BCUT2D eigenvalue weighted by molar-refractivity contribution is 14.1. The van der Waals surface area contributed by atoms with Crippen molar-refractivity contribution in [2.45, 2.75) is 52.7 Å². The number of carbonyl (C=O) groups excluding carboxylic acids is 1. The molecule has 0 atom stereocenters. The van der Waals surface area contributed by atoms with Crippen molar-refractivity contribution in [1.82, 2.24) is 5.32 Å². The summed E-state index contributed by atoms with van der Waals surface area (Å²) in [4.78, 5) is 11.6. The maximum absolute atomic E-state index is 11.6. The molecule has 1 radical (unpaired) electrons. The lowest BCUT2D eigenvalue weighted by Crippen LogP contribution is -2.32. The third-order valence-electron chi connectivity index (χ3n) is 2.40. The Morgan fingerprint density at radius 1 is 1.42 bits per heavy atom. The first kappa shape index (κ1) is 16.3. The summed E-state index contributed by atoms with van der Waals surface area (Å²) < 4.78 is 6.26. The van der Waals surface area contributed by atoms with Crippen molar-refractivity contribution in [3.05, 3.63) is 32.9 Å². The number of ether oxygens (including phenoxy) is 1. The number of rotatable bonds is 3. The van der Waals surface area contributed by atoms with Crippen LogP contribution in [-0.2, 0) is 11.3 Å². The zero-order valence-corrected chi connectivity index (χ0v) is 14.3. The number of alkyl carbamates (subject to hydrolysis) is 1. The van der Waals surface area contributed by atoms with E-state index in [2.05, 4.69) is 60.0 Å². The van der Waals surface area contributed by atoms with Crippen LogP contribution in [0, 0.1) is 9.64 Å². The zero-order chi connectivity index (χ0) is 14.6. The van der Waals surface area contributed by atoms with E-state index in [0.29, 0.717) is 12.5 Å². The molecule has 0 saturated heterocycles. The lowest BCUT2D eigenvalue weighted by Gasteiger charge is -2.19. The maximum Gasteiger partial charge on any atom is 0.407 e. The van der Waals surface area contributed by atoms with Gasteiger partial charge in [-0.05, 0) is 66.5 Å². The largest absolute Gasteiger partial charge is 0.444 e. The normalized spacial score (nSPS) is 11.5. The SMILES string of the molecule is CC(C)c1cc(I)[c]c(CNC(=O)OC(C)(C)C)c1. The van der Waals surface area contributed by atoms with Crippen LogP contribution in [0.2, 0.25) is 0 Å². The zero-order valence-electron chi connectivity index (χ0n) is 12.1. The number of amides is 1. The lowest BCUT2D eigenvalue weighted by atomic mass is 10.0. The average molecular weight is 374 g/mol. The van der Waals surface area contributed by atoms with E-state index in [1.165, 1.54) is 5.56 Å². The Bertz CT molecular complexity index is 450. The maximum atomic E-state index is 11.6. The van der Waals surface area contributed by atoms with Gasteiger partial charge in [0.25, 0.3) is 0 Å². The van der Waals surface area contributed by atoms with Gasteiger partial charge in [0.05, 0.1) is 0 Å². The van der Waals surface area contributed by atoms with Crippen LogP contribution in [0.4, 0.5) is 4.79 Å². The molecule has 1 N–H and O–H groups in total. The minimum absolute atomic E-state index is 0.397. The molecule has 0 aromatic heterocycles. The van der Waals surface area contributed by atoms with Crippen LogP contribution in [0.5, 0.6) is 0 Å². The molecule has 0 spiro atoms. The molecule has 0 saturated carbocycles. The van der Waals surface area contributed by atoms with Crippen LogP contribution in [0.3, 0.4) is 0 Å². The topological polar surface area (TPSA) is 38.3 Å². The van der Waals surface area contributed by atoms with Gasteiger partial charge in [0.1, 0.15) is 5.60 Å². The lowest BCUT2D eigenvalue weighted by molar-refractivity contribution is 0.0523. The Morgan fingerprint density at radius 2 is 2.05 bits per heavy atom. The molecule has 0 unspecified atom stereocenters. The van der Waals surface area contributed by atoms with Crippen LogP contribution in [0.25, 0.3) is 0 Å². The molecule has 0 bridgehead atoms. The molecule has 1 amide bonds. The molecule has 105 valence electrons. The van der Waals surface area contributed by atoms with Gasteiger partial charge in [0.15, 0.2) is 0 Å². The van der Waals surface area contributed by atoms with E-state index in [1.54, 1.807) is 0 Å². The van der Waals surface area contributed by atoms with Crippen molar-refractivity contribution in [3.63, 3.8) is 0 Å². The Morgan fingerprint density at radius 3 is 2.58 bits per heavy atom. The third-order valence-corrected chi connectivity index (χ3v) is 2.98. The number of hydrogen-bond acceptors (Lipinski definition) is 2. The molecule has 0 heterocycles. The summed E-state index contributed by atoms with van der Waals surface area (Å²) in [5.74, 6) is 0.461. The fourth-order valence-electron chi connectivity index (χ4n) is 1.52. The smallest absolute Gasteiger partial charge is 0.407 e. The van der Waals surface area contributed by atoms with E-state index in [0.717, 1.165) is 9.13 Å². The molecule has 0 fully saturated rings. The molecule has 3 nitrogen and oxygen atoms in total. The molecular formula is C15H21INO2. The third kappa shape index (κ3) is 6.27. The quantitative estimate of drug-likeness (QED) is 0.804.